The second kappa shape index (κ2) is 7.90. The Morgan fingerprint density at radius 3 is 2.07 bits per heavy atom. The predicted octanol–water partition coefficient (Wildman–Crippen LogP) is 2.72. The number of ether oxygens (including phenoxy) is 4. The predicted molar refractivity (Wildman–Crippen MR) is 104 cm³/mol. The van der Waals surface area contributed by atoms with Crippen LogP contribution in [0.3, 0.4) is 0 Å². The van der Waals surface area contributed by atoms with Gasteiger partial charge in [0, 0.05) is 18.2 Å². The Balaban J connectivity index is 2.28. The van der Waals surface area contributed by atoms with Gasteiger partial charge in [-0.15, -0.1) is 0 Å². The van der Waals surface area contributed by atoms with Crippen LogP contribution in [0.4, 0.5) is 0 Å². The molecule has 3 rings (SSSR count). The van der Waals surface area contributed by atoms with Gasteiger partial charge in [-0.05, 0) is 35.9 Å². The fourth-order valence-electron chi connectivity index (χ4n) is 3.77. The highest BCUT2D eigenvalue weighted by Crippen LogP contribution is 2.48. The van der Waals surface area contributed by atoms with Crippen LogP contribution in [0.5, 0.6) is 23.0 Å². The number of rotatable bonds is 6. The van der Waals surface area contributed by atoms with E-state index in [1.807, 2.05) is 0 Å². The third-order valence-electron chi connectivity index (χ3n) is 5.20. The lowest BCUT2D eigenvalue weighted by atomic mass is 9.79. The number of amides is 1. The zero-order chi connectivity index (χ0) is 21.3. The van der Waals surface area contributed by atoms with Crippen molar-refractivity contribution < 1.29 is 33.6 Å². The Hall–Kier alpha value is -3.42. The molecule has 0 radical (unpaired) electrons. The Labute approximate surface area is 168 Å². The number of hydrogen-bond donors (Lipinski definition) is 1. The number of hydrogen-bond acceptors (Lipinski definition) is 6. The molecular weight excluding hydrogens is 378 g/mol. The topological polar surface area (TPSA) is 94.5 Å². The van der Waals surface area contributed by atoms with Gasteiger partial charge in [-0.3, -0.25) is 9.59 Å². The van der Waals surface area contributed by atoms with Crippen molar-refractivity contribution in [1.29, 1.82) is 0 Å². The molecule has 2 aromatic rings. The van der Waals surface area contributed by atoms with Crippen LogP contribution in [0.2, 0.25) is 0 Å². The molecule has 154 valence electrons. The molecule has 2 aromatic carbocycles. The van der Waals surface area contributed by atoms with E-state index in [2.05, 4.69) is 0 Å². The molecule has 0 saturated carbocycles. The molecule has 1 N–H and O–H groups in total. The van der Waals surface area contributed by atoms with Gasteiger partial charge in [0.25, 0.3) is 5.91 Å². The van der Waals surface area contributed by atoms with Crippen LogP contribution < -0.4 is 18.9 Å². The van der Waals surface area contributed by atoms with Crippen molar-refractivity contribution in [2.24, 2.45) is 0 Å². The number of carboxylic acid groups (broad SMARTS) is 1. The number of carboxylic acids is 1. The number of nitrogens with zero attached hydrogens (tertiary/aromatic N) is 1. The number of aliphatic carboxylic acids is 1. The third-order valence-corrected chi connectivity index (χ3v) is 5.20. The summed E-state index contributed by atoms with van der Waals surface area (Å²) in [6.07, 6.45) is 0. The number of likely N-dealkylation sites (N-methyl/N-ethyl adjacent to an activating group) is 1. The summed E-state index contributed by atoms with van der Waals surface area (Å²) >= 11 is 0. The SMILES string of the molecule is COc1ccc(OC)c([C@H]2[C@@H](C(=O)O)c3cc(OC)c(OC)cc3C(=O)N2C)c1. The minimum Gasteiger partial charge on any atom is -0.497 e. The van der Waals surface area contributed by atoms with E-state index in [9.17, 15) is 14.7 Å². The van der Waals surface area contributed by atoms with Gasteiger partial charge in [-0.25, -0.2) is 0 Å². The standard InChI is InChI=1S/C21H23NO7/c1-22-19(14-8-11(26-2)6-7-15(14)27-3)18(21(24)25)12-9-16(28-4)17(29-5)10-13(12)20(22)23/h6-10,18-19H,1-5H3,(H,24,25)/t18-,19-/m0/s1. The molecule has 0 saturated heterocycles. The van der Waals surface area contributed by atoms with E-state index in [-0.39, 0.29) is 11.5 Å². The van der Waals surface area contributed by atoms with Crippen LogP contribution in [-0.4, -0.2) is 57.4 Å². The van der Waals surface area contributed by atoms with Crippen molar-refractivity contribution in [3.05, 3.63) is 47.0 Å². The van der Waals surface area contributed by atoms with Crippen LogP contribution in [0.1, 0.15) is 33.4 Å². The van der Waals surface area contributed by atoms with Crippen LogP contribution in [0.25, 0.3) is 0 Å². The van der Waals surface area contributed by atoms with Crippen LogP contribution in [0.15, 0.2) is 30.3 Å². The maximum absolute atomic E-state index is 13.2. The summed E-state index contributed by atoms with van der Waals surface area (Å²) in [6, 6.07) is 7.35. The zero-order valence-corrected chi connectivity index (χ0v) is 16.9. The molecule has 1 amide bonds. The fourth-order valence-corrected chi connectivity index (χ4v) is 3.77. The van der Waals surface area contributed by atoms with Crippen LogP contribution in [-0.2, 0) is 4.79 Å². The highest BCUT2D eigenvalue weighted by Gasteiger charge is 2.44. The number of carbonyl (C=O) groups excluding carboxylic acids is 1. The van der Waals surface area contributed by atoms with E-state index in [0.29, 0.717) is 34.1 Å². The maximum Gasteiger partial charge on any atom is 0.313 e. The Morgan fingerprint density at radius 2 is 1.52 bits per heavy atom. The molecule has 8 heteroatoms. The van der Waals surface area contributed by atoms with Crippen LogP contribution in [0, 0.1) is 0 Å². The highest BCUT2D eigenvalue weighted by molar-refractivity contribution is 6.01. The summed E-state index contributed by atoms with van der Waals surface area (Å²) in [5.74, 6) is -0.746. The molecule has 2 atom stereocenters. The van der Waals surface area contributed by atoms with Gasteiger partial charge in [0.1, 0.15) is 17.4 Å². The Morgan fingerprint density at radius 1 is 0.897 bits per heavy atom. The first kappa shape index (κ1) is 20.3. The van der Waals surface area contributed by atoms with E-state index in [1.165, 1.54) is 39.4 Å². The van der Waals surface area contributed by atoms with Gasteiger partial charge < -0.3 is 29.0 Å². The molecule has 0 aromatic heterocycles. The van der Waals surface area contributed by atoms with Crippen molar-refractivity contribution in [3.63, 3.8) is 0 Å². The molecule has 0 bridgehead atoms. The van der Waals surface area contributed by atoms with E-state index in [4.69, 9.17) is 18.9 Å². The first-order valence-corrected chi connectivity index (χ1v) is 8.85. The number of benzene rings is 2. The van der Waals surface area contributed by atoms with E-state index in [0.717, 1.165) is 0 Å². The Bertz CT molecular complexity index is 956. The lowest BCUT2D eigenvalue weighted by molar-refractivity contribution is -0.140. The van der Waals surface area contributed by atoms with Crippen molar-refractivity contribution in [3.8, 4) is 23.0 Å². The van der Waals surface area contributed by atoms with E-state index < -0.39 is 17.9 Å². The molecule has 1 aliphatic heterocycles. The summed E-state index contributed by atoms with van der Waals surface area (Å²) in [4.78, 5) is 26.9. The molecule has 1 heterocycles. The van der Waals surface area contributed by atoms with Gasteiger partial charge in [0.15, 0.2) is 11.5 Å². The summed E-state index contributed by atoms with van der Waals surface area (Å²) in [6.45, 7) is 0. The minimum absolute atomic E-state index is 0.260. The third kappa shape index (κ3) is 3.30. The lowest BCUT2D eigenvalue weighted by Gasteiger charge is -2.39. The molecule has 0 aliphatic carbocycles. The lowest BCUT2D eigenvalue weighted by Crippen LogP contribution is -2.42. The summed E-state index contributed by atoms with van der Waals surface area (Å²) in [7, 11) is 7.50. The van der Waals surface area contributed by atoms with E-state index >= 15 is 0 Å². The van der Waals surface area contributed by atoms with Gasteiger partial charge in [0.05, 0.1) is 34.5 Å². The smallest absolute Gasteiger partial charge is 0.313 e. The quantitative estimate of drug-likeness (QED) is 0.795. The summed E-state index contributed by atoms with van der Waals surface area (Å²) < 4.78 is 21.4. The van der Waals surface area contributed by atoms with Crippen molar-refractivity contribution >= 4 is 11.9 Å². The highest BCUT2D eigenvalue weighted by atomic mass is 16.5. The molecule has 0 fully saturated rings. The molecule has 8 nitrogen and oxygen atoms in total. The van der Waals surface area contributed by atoms with Crippen molar-refractivity contribution in [2.45, 2.75) is 12.0 Å². The van der Waals surface area contributed by atoms with Gasteiger partial charge >= 0.3 is 5.97 Å². The fraction of sp³-hybridized carbons (Fsp3) is 0.333. The minimum atomic E-state index is -1.08. The first-order valence-electron chi connectivity index (χ1n) is 8.85. The van der Waals surface area contributed by atoms with Gasteiger partial charge in [0.2, 0.25) is 0 Å². The maximum atomic E-state index is 13.2. The van der Waals surface area contributed by atoms with Crippen molar-refractivity contribution in [1.82, 2.24) is 4.90 Å². The molecular formula is C21H23NO7. The van der Waals surface area contributed by atoms with Gasteiger partial charge in [-0.2, -0.15) is 0 Å². The Kier molecular flexibility index (Phi) is 5.54. The number of methoxy groups -OCH3 is 4. The second-order valence-electron chi connectivity index (χ2n) is 6.58. The average molecular weight is 401 g/mol. The second-order valence-corrected chi connectivity index (χ2v) is 6.58. The van der Waals surface area contributed by atoms with Gasteiger partial charge in [-0.1, -0.05) is 0 Å². The van der Waals surface area contributed by atoms with E-state index in [1.54, 1.807) is 31.3 Å². The normalized spacial score (nSPS) is 18.1. The number of fused-ring (bicyclic) bond motifs is 1. The summed E-state index contributed by atoms with van der Waals surface area (Å²) in [5.41, 5.74) is 1.15. The first-order chi connectivity index (χ1) is 13.9. The average Bonchev–Trinajstić information content (AvgIpc) is 2.74. The monoisotopic (exact) mass is 401 g/mol. The van der Waals surface area contributed by atoms with Crippen LogP contribution >= 0.6 is 0 Å². The number of carbonyl (C=O) groups is 2. The largest absolute Gasteiger partial charge is 0.497 e. The zero-order valence-electron chi connectivity index (χ0n) is 16.9. The molecule has 29 heavy (non-hydrogen) atoms. The molecule has 0 unspecified atom stereocenters. The van der Waals surface area contributed by atoms with Crippen molar-refractivity contribution in [2.75, 3.05) is 35.5 Å². The molecule has 1 aliphatic rings. The summed E-state index contributed by atoms with van der Waals surface area (Å²) in [5, 5.41) is 10.1. The molecule has 0 spiro atoms.